The predicted molar refractivity (Wildman–Crippen MR) is 73.1 cm³/mol. The molecule has 18 heavy (non-hydrogen) atoms. The summed E-state index contributed by atoms with van der Waals surface area (Å²) in [5.74, 6) is 0.193. The SMILES string of the molecule is CN1C(=O)C(Cc2ccccc2)N[C@@H]1C(C)(C)C. The van der Waals surface area contributed by atoms with Crippen LogP contribution in [0.2, 0.25) is 0 Å². The Bertz CT molecular complexity index is 422. The first kappa shape index (κ1) is 13.1. The third kappa shape index (κ3) is 2.56. The molecule has 0 aromatic heterocycles. The molecule has 1 aliphatic heterocycles. The summed E-state index contributed by atoms with van der Waals surface area (Å²) in [7, 11) is 1.89. The summed E-state index contributed by atoms with van der Waals surface area (Å²) in [6.07, 6.45) is 0.870. The van der Waals surface area contributed by atoms with E-state index in [0.29, 0.717) is 0 Å². The molecule has 1 aromatic rings. The summed E-state index contributed by atoms with van der Waals surface area (Å²) in [5.41, 5.74) is 1.25. The molecule has 0 radical (unpaired) electrons. The maximum Gasteiger partial charge on any atom is 0.241 e. The topological polar surface area (TPSA) is 32.3 Å². The van der Waals surface area contributed by atoms with Gasteiger partial charge >= 0.3 is 0 Å². The fourth-order valence-corrected chi connectivity index (χ4v) is 2.57. The molecule has 0 bridgehead atoms. The predicted octanol–water partition coefficient (Wildman–Crippen LogP) is 2.03. The van der Waals surface area contributed by atoms with E-state index < -0.39 is 0 Å². The van der Waals surface area contributed by atoms with Gasteiger partial charge in [-0.25, -0.2) is 0 Å². The second-order valence-corrected chi connectivity index (χ2v) is 6.13. The minimum atomic E-state index is -0.0957. The van der Waals surface area contributed by atoms with Crippen molar-refractivity contribution < 1.29 is 4.79 Å². The number of nitrogens with one attached hydrogen (secondary N) is 1. The van der Waals surface area contributed by atoms with Gasteiger partial charge in [0, 0.05) is 7.05 Å². The lowest BCUT2D eigenvalue weighted by Gasteiger charge is -2.32. The Hall–Kier alpha value is -1.35. The van der Waals surface area contributed by atoms with Crippen molar-refractivity contribution in [2.24, 2.45) is 5.41 Å². The van der Waals surface area contributed by atoms with Crippen LogP contribution in [0.25, 0.3) is 0 Å². The van der Waals surface area contributed by atoms with E-state index in [4.69, 9.17) is 0 Å². The number of amides is 1. The van der Waals surface area contributed by atoms with E-state index >= 15 is 0 Å². The van der Waals surface area contributed by atoms with Gasteiger partial charge in [0.05, 0.1) is 12.2 Å². The summed E-state index contributed by atoms with van der Waals surface area (Å²) in [6, 6.07) is 10.1. The molecular weight excluding hydrogens is 224 g/mol. The van der Waals surface area contributed by atoms with Crippen LogP contribution < -0.4 is 5.32 Å². The van der Waals surface area contributed by atoms with Crippen molar-refractivity contribution in [1.29, 1.82) is 0 Å². The molecule has 2 atom stereocenters. The highest BCUT2D eigenvalue weighted by Crippen LogP contribution is 2.27. The molecule has 2 rings (SSSR count). The Morgan fingerprint density at radius 3 is 2.33 bits per heavy atom. The van der Waals surface area contributed by atoms with E-state index in [2.05, 4.69) is 38.2 Å². The van der Waals surface area contributed by atoms with Gasteiger partial charge in [-0.05, 0) is 17.4 Å². The quantitative estimate of drug-likeness (QED) is 0.866. The molecule has 0 aliphatic carbocycles. The average Bonchev–Trinajstić information content (AvgIpc) is 2.58. The second-order valence-electron chi connectivity index (χ2n) is 6.13. The normalized spacial score (nSPS) is 24.7. The van der Waals surface area contributed by atoms with Gasteiger partial charge < -0.3 is 4.90 Å². The molecular formula is C15H22N2O. The number of carbonyl (C=O) groups excluding carboxylic acids is 1. The van der Waals surface area contributed by atoms with Gasteiger partial charge in [0.1, 0.15) is 0 Å². The Kier molecular flexibility index (Phi) is 3.44. The molecule has 0 spiro atoms. The van der Waals surface area contributed by atoms with Gasteiger partial charge in [0.25, 0.3) is 0 Å². The summed E-state index contributed by atoms with van der Waals surface area (Å²) in [4.78, 5) is 14.1. The molecule has 3 nitrogen and oxygen atoms in total. The Morgan fingerprint density at radius 2 is 1.83 bits per heavy atom. The lowest BCUT2D eigenvalue weighted by Crippen LogP contribution is -2.45. The number of rotatable bonds is 2. The van der Waals surface area contributed by atoms with E-state index in [-0.39, 0.29) is 23.5 Å². The van der Waals surface area contributed by atoms with Crippen molar-refractivity contribution in [1.82, 2.24) is 10.2 Å². The zero-order valence-corrected chi connectivity index (χ0v) is 11.6. The highest BCUT2D eigenvalue weighted by atomic mass is 16.2. The minimum absolute atomic E-state index is 0.0514. The highest BCUT2D eigenvalue weighted by Gasteiger charge is 2.41. The fourth-order valence-electron chi connectivity index (χ4n) is 2.57. The zero-order valence-electron chi connectivity index (χ0n) is 11.6. The Morgan fingerprint density at radius 1 is 1.22 bits per heavy atom. The summed E-state index contributed by atoms with van der Waals surface area (Å²) in [6.45, 7) is 6.46. The van der Waals surface area contributed by atoms with Crippen molar-refractivity contribution in [2.45, 2.75) is 39.4 Å². The third-order valence-electron chi connectivity index (χ3n) is 3.50. The number of likely N-dealkylation sites (N-methyl/N-ethyl adjacent to an activating group) is 1. The van der Waals surface area contributed by atoms with Crippen LogP contribution in [0.1, 0.15) is 26.3 Å². The maximum absolute atomic E-state index is 12.2. The van der Waals surface area contributed by atoms with Gasteiger partial charge in [-0.1, -0.05) is 51.1 Å². The average molecular weight is 246 g/mol. The molecule has 1 unspecified atom stereocenters. The first-order chi connectivity index (χ1) is 8.39. The Balaban J connectivity index is 2.10. The monoisotopic (exact) mass is 246 g/mol. The lowest BCUT2D eigenvalue weighted by molar-refractivity contribution is -0.129. The van der Waals surface area contributed by atoms with Crippen molar-refractivity contribution in [3.63, 3.8) is 0 Å². The van der Waals surface area contributed by atoms with Crippen LogP contribution in [-0.2, 0) is 11.2 Å². The van der Waals surface area contributed by atoms with Crippen molar-refractivity contribution >= 4 is 5.91 Å². The van der Waals surface area contributed by atoms with Crippen molar-refractivity contribution in [2.75, 3.05) is 7.05 Å². The summed E-state index contributed by atoms with van der Waals surface area (Å²) < 4.78 is 0. The van der Waals surface area contributed by atoms with Crippen molar-refractivity contribution in [3.8, 4) is 0 Å². The number of benzene rings is 1. The van der Waals surface area contributed by atoms with E-state index in [1.54, 1.807) is 0 Å². The molecule has 1 aliphatic rings. The maximum atomic E-state index is 12.2. The molecule has 1 fully saturated rings. The van der Waals surface area contributed by atoms with Crippen LogP contribution in [0.5, 0.6) is 0 Å². The van der Waals surface area contributed by atoms with Gasteiger partial charge in [0.15, 0.2) is 0 Å². The van der Waals surface area contributed by atoms with E-state index in [1.165, 1.54) is 5.56 Å². The third-order valence-corrected chi connectivity index (χ3v) is 3.50. The molecule has 1 N–H and O–H groups in total. The summed E-state index contributed by atoms with van der Waals surface area (Å²) in [5, 5.41) is 3.46. The van der Waals surface area contributed by atoms with E-state index in [1.807, 2.05) is 30.1 Å². The molecule has 98 valence electrons. The van der Waals surface area contributed by atoms with Gasteiger partial charge in [-0.3, -0.25) is 10.1 Å². The van der Waals surface area contributed by atoms with Gasteiger partial charge in [-0.2, -0.15) is 0 Å². The zero-order chi connectivity index (χ0) is 13.3. The molecule has 1 saturated heterocycles. The number of hydrogen-bond acceptors (Lipinski definition) is 2. The van der Waals surface area contributed by atoms with Crippen LogP contribution in [0, 0.1) is 5.41 Å². The Labute approximate surface area is 109 Å². The fraction of sp³-hybridized carbons (Fsp3) is 0.533. The molecule has 0 saturated carbocycles. The van der Waals surface area contributed by atoms with Crippen LogP contribution in [0.3, 0.4) is 0 Å². The van der Waals surface area contributed by atoms with Crippen LogP contribution >= 0.6 is 0 Å². The van der Waals surface area contributed by atoms with Crippen molar-refractivity contribution in [3.05, 3.63) is 35.9 Å². The van der Waals surface area contributed by atoms with Crippen LogP contribution in [0.15, 0.2) is 30.3 Å². The largest absolute Gasteiger partial charge is 0.328 e. The molecule has 1 aromatic carbocycles. The highest BCUT2D eigenvalue weighted by molar-refractivity contribution is 5.84. The van der Waals surface area contributed by atoms with Gasteiger partial charge in [0.2, 0.25) is 5.91 Å². The molecule has 1 amide bonds. The molecule has 3 heteroatoms. The smallest absolute Gasteiger partial charge is 0.241 e. The first-order valence-electron chi connectivity index (χ1n) is 6.46. The number of hydrogen-bond donors (Lipinski definition) is 1. The summed E-state index contributed by atoms with van der Waals surface area (Å²) >= 11 is 0. The molecule has 1 heterocycles. The second kappa shape index (κ2) is 4.73. The van der Waals surface area contributed by atoms with Gasteiger partial charge in [-0.15, -0.1) is 0 Å². The lowest BCUT2D eigenvalue weighted by atomic mass is 9.92. The first-order valence-corrected chi connectivity index (χ1v) is 6.46. The standard InChI is InChI=1S/C15H22N2O/c1-15(2,3)14-16-12(13(18)17(14)4)10-11-8-6-5-7-9-11/h5-9,12,14,16H,10H2,1-4H3/t12?,14-/m0/s1. The van der Waals surface area contributed by atoms with Crippen LogP contribution in [-0.4, -0.2) is 30.1 Å². The minimum Gasteiger partial charge on any atom is -0.328 e. The van der Waals surface area contributed by atoms with E-state index in [9.17, 15) is 4.79 Å². The van der Waals surface area contributed by atoms with Crippen LogP contribution in [0.4, 0.5) is 0 Å². The number of carbonyl (C=O) groups is 1. The number of nitrogens with zero attached hydrogens (tertiary/aromatic N) is 1. The van der Waals surface area contributed by atoms with E-state index in [0.717, 1.165) is 6.42 Å².